The first-order valence-electron chi connectivity index (χ1n) is 8.05. The van der Waals surface area contributed by atoms with Crippen molar-refractivity contribution in [1.29, 1.82) is 0 Å². The van der Waals surface area contributed by atoms with Crippen LogP contribution >= 0.6 is 0 Å². The maximum atomic E-state index is 12.7. The van der Waals surface area contributed by atoms with E-state index < -0.39 is 30.2 Å². The zero-order valence-electron chi connectivity index (χ0n) is 14.4. The second kappa shape index (κ2) is 8.57. The summed E-state index contributed by atoms with van der Waals surface area (Å²) in [6.45, 7) is 1.28. The lowest BCUT2D eigenvalue weighted by Crippen LogP contribution is -2.28. The molecule has 2 aromatic carbocycles. The molecule has 0 aliphatic rings. The standard InChI is InChI=1S/C19H18F3NO4/c1-12(14-5-7-16(8-6-14)27-11-18(25)26)23-17(24)10-13-3-2-4-15(9-13)19(20,21)22/h2-9,12H,10-11H2,1H3,(H,23,24)(H,25,26). The van der Waals surface area contributed by atoms with Gasteiger partial charge in [-0.05, 0) is 36.2 Å². The van der Waals surface area contributed by atoms with Crippen LogP contribution in [0.1, 0.15) is 29.7 Å². The van der Waals surface area contributed by atoms with E-state index in [4.69, 9.17) is 9.84 Å². The second-order valence-corrected chi connectivity index (χ2v) is 5.92. The molecule has 8 heteroatoms. The summed E-state index contributed by atoms with van der Waals surface area (Å²) in [7, 11) is 0. The predicted molar refractivity (Wildman–Crippen MR) is 91.3 cm³/mol. The van der Waals surface area contributed by atoms with Gasteiger partial charge in [0.2, 0.25) is 5.91 Å². The van der Waals surface area contributed by atoms with Crippen LogP contribution in [-0.2, 0) is 22.2 Å². The number of rotatable bonds is 7. The first kappa shape index (κ1) is 20.3. The van der Waals surface area contributed by atoms with Crippen molar-refractivity contribution >= 4 is 11.9 Å². The number of carboxylic acids is 1. The first-order chi connectivity index (χ1) is 12.6. The van der Waals surface area contributed by atoms with Crippen molar-refractivity contribution in [2.24, 2.45) is 0 Å². The summed E-state index contributed by atoms with van der Waals surface area (Å²) >= 11 is 0. The summed E-state index contributed by atoms with van der Waals surface area (Å²) in [5.74, 6) is -1.12. The van der Waals surface area contributed by atoms with E-state index in [9.17, 15) is 22.8 Å². The maximum Gasteiger partial charge on any atom is 0.416 e. The molecule has 2 aromatic rings. The Hall–Kier alpha value is -3.03. The molecule has 0 saturated carbocycles. The number of benzene rings is 2. The summed E-state index contributed by atoms with van der Waals surface area (Å²) in [6, 6.07) is 10.8. The number of hydrogen-bond acceptors (Lipinski definition) is 3. The first-order valence-corrected chi connectivity index (χ1v) is 8.05. The van der Waals surface area contributed by atoms with Crippen LogP contribution in [0.3, 0.4) is 0 Å². The van der Waals surface area contributed by atoms with Gasteiger partial charge < -0.3 is 15.2 Å². The van der Waals surface area contributed by atoms with Gasteiger partial charge in [-0.1, -0.05) is 30.3 Å². The van der Waals surface area contributed by atoms with Crippen LogP contribution in [0.25, 0.3) is 0 Å². The zero-order chi connectivity index (χ0) is 20.0. The quantitative estimate of drug-likeness (QED) is 0.769. The van der Waals surface area contributed by atoms with Crippen molar-refractivity contribution in [3.63, 3.8) is 0 Å². The Balaban J connectivity index is 1.94. The minimum absolute atomic E-state index is 0.173. The van der Waals surface area contributed by atoms with E-state index in [1.165, 1.54) is 12.1 Å². The van der Waals surface area contributed by atoms with E-state index in [0.717, 1.165) is 17.7 Å². The summed E-state index contributed by atoms with van der Waals surface area (Å²) in [6.07, 6.45) is -4.63. The highest BCUT2D eigenvalue weighted by atomic mass is 19.4. The van der Waals surface area contributed by atoms with Gasteiger partial charge in [0.15, 0.2) is 6.61 Å². The minimum atomic E-state index is -4.45. The molecule has 0 radical (unpaired) electrons. The number of amides is 1. The van der Waals surface area contributed by atoms with Crippen molar-refractivity contribution < 1.29 is 32.6 Å². The number of nitrogens with one attached hydrogen (secondary N) is 1. The third-order valence-electron chi connectivity index (χ3n) is 3.74. The van der Waals surface area contributed by atoms with E-state index in [1.54, 1.807) is 31.2 Å². The highest BCUT2D eigenvalue weighted by Gasteiger charge is 2.30. The fraction of sp³-hybridized carbons (Fsp3) is 0.263. The number of hydrogen-bond donors (Lipinski definition) is 2. The van der Waals surface area contributed by atoms with Gasteiger partial charge in [-0.25, -0.2) is 4.79 Å². The van der Waals surface area contributed by atoms with E-state index in [1.807, 2.05) is 0 Å². The number of alkyl halides is 3. The predicted octanol–water partition coefficient (Wildman–Crippen LogP) is 3.59. The average molecular weight is 381 g/mol. The van der Waals surface area contributed by atoms with Gasteiger partial charge in [0.1, 0.15) is 5.75 Å². The molecule has 2 rings (SSSR count). The number of aliphatic carboxylic acids is 1. The van der Waals surface area contributed by atoms with Gasteiger partial charge in [0, 0.05) is 0 Å². The van der Waals surface area contributed by atoms with Crippen LogP contribution in [-0.4, -0.2) is 23.6 Å². The van der Waals surface area contributed by atoms with Crippen LogP contribution in [0.15, 0.2) is 48.5 Å². The van der Waals surface area contributed by atoms with Gasteiger partial charge in [0.25, 0.3) is 0 Å². The van der Waals surface area contributed by atoms with Gasteiger partial charge in [-0.15, -0.1) is 0 Å². The Kier molecular flexibility index (Phi) is 6.44. The molecule has 0 saturated heterocycles. The van der Waals surface area contributed by atoms with Crippen LogP contribution < -0.4 is 10.1 Å². The Morgan fingerprint density at radius 2 is 1.81 bits per heavy atom. The van der Waals surface area contributed by atoms with Crippen LogP contribution in [0.4, 0.5) is 13.2 Å². The summed E-state index contributed by atoms with van der Waals surface area (Å²) in [5, 5.41) is 11.3. The maximum absolute atomic E-state index is 12.7. The molecule has 0 aromatic heterocycles. The fourth-order valence-electron chi connectivity index (χ4n) is 2.42. The Labute approximate surface area is 153 Å². The van der Waals surface area contributed by atoms with Crippen molar-refractivity contribution in [2.75, 3.05) is 6.61 Å². The average Bonchev–Trinajstić information content (AvgIpc) is 2.59. The number of ether oxygens (including phenoxy) is 1. The van der Waals surface area contributed by atoms with E-state index in [0.29, 0.717) is 5.75 Å². The molecule has 0 aliphatic heterocycles. The zero-order valence-corrected chi connectivity index (χ0v) is 14.4. The largest absolute Gasteiger partial charge is 0.482 e. The van der Waals surface area contributed by atoms with Crippen molar-refractivity contribution in [3.8, 4) is 5.75 Å². The normalized spacial score (nSPS) is 12.3. The molecule has 0 aliphatic carbocycles. The smallest absolute Gasteiger partial charge is 0.416 e. The molecule has 2 N–H and O–H groups in total. The highest BCUT2D eigenvalue weighted by molar-refractivity contribution is 5.79. The molecule has 0 fully saturated rings. The number of carboxylic acid groups (broad SMARTS) is 1. The second-order valence-electron chi connectivity index (χ2n) is 5.92. The van der Waals surface area contributed by atoms with Gasteiger partial charge >= 0.3 is 12.1 Å². The summed E-state index contributed by atoms with van der Waals surface area (Å²) in [4.78, 5) is 22.6. The Morgan fingerprint density at radius 3 is 2.41 bits per heavy atom. The fourth-order valence-corrected chi connectivity index (χ4v) is 2.42. The third kappa shape index (κ3) is 6.32. The van der Waals surface area contributed by atoms with Crippen molar-refractivity contribution in [1.82, 2.24) is 5.32 Å². The van der Waals surface area contributed by atoms with E-state index >= 15 is 0 Å². The number of halogens is 3. The Morgan fingerprint density at radius 1 is 1.15 bits per heavy atom. The monoisotopic (exact) mass is 381 g/mol. The molecule has 1 atom stereocenters. The molecule has 0 bridgehead atoms. The third-order valence-corrected chi connectivity index (χ3v) is 3.74. The lowest BCUT2D eigenvalue weighted by atomic mass is 10.1. The minimum Gasteiger partial charge on any atom is -0.482 e. The van der Waals surface area contributed by atoms with Gasteiger partial charge in [-0.3, -0.25) is 4.79 Å². The molecule has 1 unspecified atom stereocenters. The number of carbonyl (C=O) groups excluding carboxylic acids is 1. The lowest BCUT2D eigenvalue weighted by molar-refractivity contribution is -0.139. The summed E-state index contributed by atoms with van der Waals surface area (Å²) in [5.41, 5.74) is 0.222. The van der Waals surface area contributed by atoms with Crippen LogP contribution in [0, 0.1) is 0 Å². The molecular formula is C19H18F3NO4. The van der Waals surface area contributed by atoms with Gasteiger partial charge in [-0.2, -0.15) is 13.2 Å². The molecule has 144 valence electrons. The summed E-state index contributed by atoms with van der Waals surface area (Å²) < 4.78 is 43.2. The van der Waals surface area contributed by atoms with Gasteiger partial charge in [0.05, 0.1) is 18.0 Å². The molecule has 27 heavy (non-hydrogen) atoms. The van der Waals surface area contributed by atoms with Crippen molar-refractivity contribution in [2.45, 2.75) is 25.6 Å². The lowest BCUT2D eigenvalue weighted by Gasteiger charge is -2.15. The van der Waals surface area contributed by atoms with E-state index in [-0.39, 0.29) is 18.0 Å². The Bertz CT molecular complexity index is 803. The molecule has 5 nitrogen and oxygen atoms in total. The van der Waals surface area contributed by atoms with Crippen molar-refractivity contribution in [3.05, 3.63) is 65.2 Å². The highest BCUT2D eigenvalue weighted by Crippen LogP contribution is 2.29. The van der Waals surface area contributed by atoms with E-state index in [2.05, 4.69) is 5.32 Å². The molecule has 0 spiro atoms. The molecular weight excluding hydrogens is 363 g/mol. The number of carbonyl (C=O) groups is 2. The van der Waals surface area contributed by atoms with Crippen LogP contribution in [0.5, 0.6) is 5.75 Å². The van der Waals surface area contributed by atoms with Crippen LogP contribution in [0.2, 0.25) is 0 Å². The topological polar surface area (TPSA) is 75.6 Å². The molecule has 1 amide bonds. The molecule has 0 heterocycles. The SMILES string of the molecule is CC(NC(=O)Cc1cccc(C(F)(F)F)c1)c1ccc(OCC(=O)O)cc1.